The van der Waals surface area contributed by atoms with E-state index in [1.54, 1.807) is 0 Å². The summed E-state index contributed by atoms with van der Waals surface area (Å²) >= 11 is 0. The molecule has 1 aliphatic rings. The molecule has 120 valence electrons. The molecule has 1 rings (SSSR count). The third-order valence-electron chi connectivity index (χ3n) is 3.88. The van der Waals surface area contributed by atoms with Crippen LogP contribution in [0.3, 0.4) is 0 Å². The van der Waals surface area contributed by atoms with E-state index in [0.717, 1.165) is 38.5 Å². The second-order valence-electron chi connectivity index (χ2n) is 5.82. The zero-order valence-electron chi connectivity index (χ0n) is 12.5. The third-order valence-corrected chi connectivity index (χ3v) is 6.77. The van der Waals surface area contributed by atoms with Crippen molar-refractivity contribution >= 4 is 19.7 Å². The molecule has 0 radical (unpaired) electrons. The van der Waals surface area contributed by atoms with E-state index in [-0.39, 0.29) is 17.3 Å². The Morgan fingerprint density at radius 2 is 1.75 bits per heavy atom. The first-order chi connectivity index (χ1) is 9.23. The van der Waals surface area contributed by atoms with E-state index in [1.807, 2.05) is 0 Å². The number of hydrogen-bond acceptors (Lipinski definition) is 5. The summed E-state index contributed by atoms with van der Waals surface area (Å²) in [5, 5.41) is 3.48. The lowest BCUT2D eigenvalue weighted by molar-refractivity contribution is 0.391. The molecule has 7 heteroatoms. The van der Waals surface area contributed by atoms with Gasteiger partial charge < -0.3 is 5.32 Å². The predicted molar refractivity (Wildman–Crippen MR) is 82.4 cm³/mol. The first kappa shape index (κ1) is 17.9. The summed E-state index contributed by atoms with van der Waals surface area (Å²) < 4.78 is 45.8. The van der Waals surface area contributed by atoms with Crippen LogP contribution in [0.5, 0.6) is 0 Å². The molecule has 0 aromatic rings. The molecular formula is C13H27NO4S2. The first-order valence-electron chi connectivity index (χ1n) is 7.35. The van der Waals surface area contributed by atoms with Gasteiger partial charge in [-0.2, -0.15) is 0 Å². The van der Waals surface area contributed by atoms with E-state index in [0.29, 0.717) is 18.4 Å². The Hall–Kier alpha value is -0.140. The number of hydrogen-bond donors (Lipinski definition) is 1. The number of sulfone groups is 2. The summed E-state index contributed by atoms with van der Waals surface area (Å²) in [6.45, 7) is 3.09. The van der Waals surface area contributed by atoms with Crippen molar-refractivity contribution in [3.63, 3.8) is 0 Å². The van der Waals surface area contributed by atoms with Gasteiger partial charge in [-0.25, -0.2) is 16.8 Å². The smallest absolute Gasteiger partial charge is 0.151 e. The van der Waals surface area contributed by atoms with Gasteiger partial charge in [-0.15, -0.1) is 0 Å². The van der Waals surface area contributed by atoms with Gasteiger partial charge in [-0.05, 0) is 38.1 Å². The van der Waals surface area contributed by atoms with Crippen molar-refractivity contribution < 1.29 is 16.8 Å². The van der Waals surface area contributed by atoms with Gasteiger partial charge in [0.1, 0.15) is 9.84 Å². The molecule has 0 bridgehead atoms. The zero-order chi connectivity index (χ0) is 15.2. The molecule has 0 saturated heterocycles. The highest BCUT2D eigenvalue weighted by Gasteiger charge is 2.28. The molecule has 2 atom stereocenters. The van der Waals surface area contributed by atoms with Crippen LogP contribution in [0.25, 0.3) is 0 Å². The van der Waals surface area contributed by atoms with Gasteiger partial charge in [0.05, 0.1) is 17.3 Å². The van der Waals surface area contributed by atoms with Gasteiger partial charge in [0.15, 0.2) is 9.84 Å². The lowest BCUT2D eigenvalue weighted by Crippen LogP contribution is -2.34. The van der Waals surface area contributed by atoms with Crippen LogP contribution >= 0.6 is 0 Å². The second kappa shape index (κ2) is 7.75. The Balaban J connectivity index is 2.41. The molecule has 1 fully saturated rings. The van der Waals surface area contributed by atoms with Crippen LogP contribution in [0.4, 0.5) is 0 Å². The Kier molecular flexibility index (Phi) is 6.94. The van der Waals surface area contributed by atoms with Crippen LogP contribution in [-0.2, 0) is 19.7 Å². The summed E-state index contributed by atoms with van der Waals surface area (Å²) in [7, 11) is -6.46. The summed E-state index contributed by atoms with van der Waals surface area (Å²) in [5.41, 5.74) is 0. The van der Waals surface area contributed by atoms with Crippen LogP contribution in [0.2, 0.25) is 0 Å². The minimum absolute atomic E-state index is 0.109. The molecule has 1 N–H and O–H groups in total. The van der Waals surface area contributed by atoms with Crippen molar-refractivity contribution in [2.45, 2.75) is 45.1 Å². The topological polar surface area (TPSA) is 80.3 Å². The van der Waals surface area contributed by atoms with Crippen LogP contribution < -0.4 is 5.32 Å². The van der Waals surface area contributed by atoms with Crippen LogP contribution in [0.15, 0.2) is 0 Å². The van der Waals surface area contributed by atoms with Gasteiger partial charge in [0.2, 0.25) is 0 Å². The second-order valence-corrected chi connectivity index (χ2v) is 10.4. The molecule has 0 spiro atoms. The lowest BCUT2D eigenvalue weighted by atomic mass is 10.0. The lowest BCUT2D eigenvalue weighted by Gasteiger charge is -2.20. The van der Waals surface area contributed by atoms with E-state index >= 15 is 0 Å². The molecule has 2 unspecified atom stereocenters. The molecular weight excluding hydrogens is 298 g/mol. The van der Waals surface area contributed by atoms with E-state index in [9.17, 15) is 16.8 Å². The monoisotopic (exact) mass is 325 g/mol. The van der Waals surface area contributed by atoms with Crippen LogP contribution in [-0.4, -0.2) is 52.9 Å². The normalized spacial score (nSPS) is 24.1. The number of nitrogens with one attached hydrogen (secondary N) is 1. The van der Waals surface area contributed by atoms with E-state index < -0.39 is 19.7 Å². The van der Waals surface area contributed by atoms with Gasteiger partial charge >= 0.3 is 0 Å². The summed E-state index contributed by atoms with van der Waals surface area (Å²) in [6, 6.07) is 0.431. The zero-order valence-corrected chi connectivity index (χ0v) is 14.1. The maximum Gasteiger partial charge on any atom is 0.151 e. The van der Waals surface area contributed by atoms with Crippen LogP contribution in [0, 0.1) is 5.92 Å². The molecule has 5 nitrogen and oxygen atoms in total. The minimum atomic E-state index is -3.25. The fourth-order valence-electron chi connectivity index (χ4n) is 2.69. The van der Waals surface area contributed by atoms with E-state index in [2.05, 4.69) is 12.2 Å². The quantitative estimate of drug-likeness (QED) is 0.684. The van der Waals surface area contributed by atoms with Crippen molar-refractivity contribution in [3.8, 4) is 0 Å². The Morgan fingerprint density at radius 1 is 1.05 bits per heavy atom. The molecule has 0 aromatic carbocycles. The highest BCUT2D eigenvalue weighted by molar-refractivity contribution is 7.94. The maximum absolute atomic E-state index is 11.9. The Morgan fingerprint density at radius 3 is 2.35 bits per heavy atom. The predicted octanol–water partition coefficient (Wildman–Crippen LogP) is 1.00. The van der Waals surface area contributed by atoms with Crippen LogP contribution in [0.1, 0.15) is 39.0 Å². The van der Waals surface area contributed by atoms with Gasteiger partial charge in [0, 0.05) is 12.3 Å². The SMILES string of the molecule is CCCNC1CCCC1CCS(=O)(=O)CCS(C)(=O)=O. The molecule has 20 heavy (non-hydrogen) atoms. The molecule has 0 aromatic heterocycles. The van der Waals surface area contributed by atoms with Crippen molar-refractivity contribution in [1.29, 1.82) is 0 Å². The fourth-order valence-corrected chi connectivity index (χ4v) is 5.78. The summed E-state index contributed by atoms with van der Waals surface area (Å²) in [6.07, 6.45) is 6.14. The van der Waals surface area contributed by atoms with Gasteiger partial charge in [-0.1, -0.05) is 13.3 Å². The number of rotatable bonds is 9. The van der Waals surface area contributed by atoms with Gasteiger partial charge in [-0.3, -0.25) is 0 Å². The summed E-state index contributed by atoms with van der Waals surface area (Å²) in [5.74, 6) is 0.00946. The summed E-state index contributed by atoms with van der Waals surface area (Å²) in [4.78, 5) is 0. The third kappa shape index (κ3) is 7.04. The minimum Gasteiger partial charge on any atom is -0.314 e. The molecule has 0 heterocycles. The standard InChI is InChI=1S/C13H27NO4S2/c1-3-8-14-13-6-4-5-12(13)7-9-20(17,18)11-10-19(2,15)16/h12-14H,3-11H2,1-2H3. The Labute approximate surface area is 123 Å². The molecule has 0 aliphatic heterocycles. The van der Waals surface area contributed by atoms with E-state index in [1.165, 1.54) is 0 Å². The first-order valence-corrected chi connectivity index (χ1v) is 11.2. The fraction of sp³-hybridized carbons (Fsp3) is 1.00. The highest BCUT2D eigenvalue weighted by atomic mass is 32.2. The molecule has 0 amide bonds. The van der Waals surface area contributed by atoms with Gasteiger partial charge in [0.25, 0.3) is 0 Å². The van der Waals surface area contributed by atoms with Crippen molar-refractivity contribution in [2.24, 2.45) is 5.92 Å². The average Bonchev–Trinajstić information content (AvgIpc) is 2.78. The maximum atomic E-state index is 11.9. The Bertz CT molecular complexity index is 485. The van der Waals surface area contributed by atoms with E-state index in [4.69, 9.17) is 0 Å². The largest absolute Gasteiger partial charge is 0.314 e. The van der Waals surface area contributed by atoms with Crippen molar-refractivity contribution in [2.75, 3.05) is 30.1 Å². The molecule has 1 saturated carbocycles. The van der Waals surface area contributed by atoms with Crippen molar-refractivity contribution in [3.05, 3.63) is 0 Å². The molecule has 1 aliphatic carbocycles. The van der Waals surface area contributed by atoms with Crippen molar-refractivity contribution in [1.82, 2.24) is 5.32 Å². The average molecular weight is 325 g/mol. The highest BCUT2D eigenvalue weighted by Crippen LogP contribution is 2.28.